The standard InChI is InChI=1S/C73H142O17P2/c1-63(2)49-41-33-25-20-16-12-9-10-14-19-23-29-39-47-55-72(77)89-69(60-84-71(76)54-46-38-32-31-36-44-52-66(7)8)62-88-92(81,82)86-58-67(74)57-85-91(79,80)87-61-68(90-73(78)56-48-40-30-24-27-35-43-51-65(5)6)59-83-70(75)53-45-37-28-22-18-15-11-13-17-21-26-34-42-50-64(3)4/h63-69,74H,9-62H2,1-8H3,(H,79,80)(H,81,82)/t67?,68-,69-/m1/s1. The summed E-state index contributed by atoms with van der Waals surface area (Å²) in [5, 5.41) is 10.6. The van der Waals surface area contributed by atoms with Gasteiger partial charge in [0, 0.05) is 25.7 Å². The number of aliphatic hydroxyl groups excluding tert-OH is 1. The Morgan fingerprint density at radius 1 is 0.272 bits per heavy atom. The second-order valence-corrected chi connectivity index (χ2v) is 31.1. The number of rotatable bonds is 70. The Hall–Kier alpha value is -1.94. The monoisotopic (exact) mass is 1350 g/mol. The first-order valence-electron chi connectivity index (χ1n) is 37.7. The van der Waals surface area contributed by atoms with Crippen molar-refractivity contribution in [2.45, 2.75) is 382 Å². The highest BCUT2D eigenvalue weighted by atomic mass is 31.2. The summed E-state index contributed by atoms with van der Waals surface area (Å²) in [4.78, 5) is 72.6. The lowest BCUT2D eigenvalue weighted by Gasteiger charge is -2.21. The van der Waals surface area contributed by atoms with E-state index in [2.05, 4.69) is 55.4 Å². The summed E-state index contributed by atoms with van der Waals surface area (Å²) >= 11 is 0. The Balaban J connectivity index is 5.19. The van der Waals surface area contributed by atoms with Crippen LogP contribution in [0.5, 0.6) is 0 Å². The van der Waals surface area contributed by atoms with Crippen LogP contribution in [0.1, 0.15) is 364 Å². The molecule has 3 N–H and O–H groups in total. The van der Waals surface area contributed by atoms with Crippen LogP contribution in [0.3, 0.4) is 0 Å². The van der Waals surface area contributed by atoms with E-state index in [-0.39, 0.29) is 25.7 Å². The maximum Gasteiger partial charge on any atom is 0.472 e. The maximum absolute atomic E-state index is 13.0. The van der Waals surface area contributed by atoms with Crippen LogP contribution in [-0.4, -0.2) is 96.7 Å². The van der Waals surface area contributed by atoms with E-state index in [1.54, 1.807) is 0 Å². The van der Waals surface area contributed by atoms with Crippen LogP contribution in [0.4, 0.5) is 0 Å². The molecular weight excluding hydrogens is 1210 g/mol. The zero-order chi connectivity index (χ0) is 68.2. The molecule has 0 aromatic heterocycles. The van der Waals surface area contributed by atoms with Gasteiger partial charge in [0.2, 0.25) is 0 Å². The van der Waals surface area contributed by atoms with Crippen molar-refractivity contribution in [3.05, 3.63) is 0 Å². The molecule has 546 valence electrons. The van der Waals surface area contributed by atoms with Gasteiger partial charge in [-0.1, -0.05) is 312 Å². The number of carbonyl (C=O) groups excluding carboxylic acids is 4. The van der Waals surface area contributed by atoms with E-state index in [1.807, 2.05) is 0 Å². The fourth-order valence-corrected chi connectivity index (χ4v) is 12.6. The first-order valence-corrected chi connectivity index (χ1v) is 40.7. The third kappa shape index (κ3) is 66.7. The highest BCUT2D eigenvalue weighted by Crippen LogP contribution is 2.45. The summed E-state index contributed by atoms with van der Waals surface area (Å²) in [6.07, 6.45) is 46.1. The van der Waals surface area contributed by atoms with Crippen molar-refractivity contribution in [3.63, 3.8) is 0 Å². The van der Waals surface area contributed by atoms with E-state index in [4.69, 9.17) is 37.0 Å². The lowest BCUT2D eigenvalue weighted by atomic mass is 10.0. The average Bonchev–Trinajstić information content (AvgIpc) is 1.93. The molecule has 17 nitrogen and oxygen atoms in total. The molecule has 0 rings (SSSR count). The van der Waals surface area contributed by atoms with Gasteiger partial charge in [-0.15, -0.1) is 0 Å². The van der Waals surface area contributed by atoms with Crippen molar-refractivity contribution >= 4 is 39.5 Å². The predicted molar refractivity (Wildman–Crippen MR) is 372 cm³/mol. The van der Waals surface area contributed by atoms with Crippen molar-refractivity contribution in [3.8, 4) is 0 Å². The van der Waals surface area contributed by atoms with Crippen molar-refractivity contribution in [1.29, 1.82) is 0 Å². The molecule has 0 aliphatic heterocycles. The van der Waals surface area contributed by atoms with Gasteiger partial charge in [0.05, 0.1) is 26.4 Å². The fourth-order valence-electron chi connectivity index (χ4n) is 11.0. The first-order chi connectivity index (χ1) is 44.1. The van der Waals surface area contributed by atoms with Crippen LogP contribution < -0.4 is 0 Å². The Kier molecular flexibility index (Phi) is 61.3. The van der Waals surface area contributed by atoms with E-state index in [0.29, 0.717) is 37.5 Å². The summed E-state index contributed by atoms with van der Waals surface area (Å²) in [5.74, 6) is 0.833. The molecule has 0 aromatic carbocycles. The van der Waals surface area contributed by atoms with E-state index < -0.39 is 97.5 Å². The molecule has 0 heterocycles. The van der Waals surface area contributed by atoms with Gasteiger partial charge in [-0.2, -0.15) is 0 Å². The normalized spacial score (nSPS) is 14.2. The van der Waals surface area contributed by atoms with Gasteiger partial charge in [-0.05, 0) is 49.4 Å². The molecule has 0 saturated heterocycles. The van der Waals surface area contributed by atoms with Crippen LogP contribution in [-0.2, 0) is 65.4 Å². The minimum Gasteiger partial charge on any atom is -0.462 e. The number of esters is 4. The number of phosphoric acid groups is 2. The van der Waals surface area contributed by atoms with Gasteiger partial charge in [-0.3, -0.25) is 37.3 Å². The molecule has 0 saturated carbocycles. The van der Waals surface area contributed by atoms with E-state index in [0.717, 1.165) is 108 Å². The highest BCUT2D eigenvalue weighted by Gasteiger charge is 2.30. The number of aliphatic hydroxyl groups is 1. The summed E-state index contributed by atoms with van der Waals surface area (Å²) in [7, 11) is -9.91. The second kappa shape index (κ2) is 62.6. The fraction of sp³-hybridized carbons (Fsp3) is 0.945. The average molecular weight is 1350 g/mol. The summed E-state index contributed by atoms with van der Waals surface area (Å²) in [5.41, 5.74) is 0. The molecule has 5 atom stereocenters. The van der Waals surface area contributed by atoms with Gasteiger partial charge in [-0.25, -0.2) is 9.13 Å². The molecule has 3 unspecified atom stereocenters. The third-order valence-electron chi connectivity index (χ3n) is 16.8. The van der Waals surface area contributed by atoms with Gasteiger partial charge in [0.1, 0.15) is 19.3 Å². The van der Waals surface area contributed by atoms with E-state index in [9.17, 15) is 43.2 Å². The molecule has 0 spiro atoms. The Bertz CT molecular complexity index is 1790. The maximum atomic E-state index is 13.0. The molecule has 0 amide bonds. The molecule has 0 bridgehead atoms. The molecule has 19 heteroatoms. The zero-order valence-corrected chi connectivity index (χ0v) is 62.0. The topological polar surface area (TPSA) is 237 Å². The minimum atomic E-state index is -4.95. The van der Waals surface area contributed by atoms with Gasteiger partial charge >= 0.3 is 39.5 Å². The van der Waals surface area contributed by atoms with Crippen molar-refractivity contribution in [1.82, 2.24) is 0 Å². The van der Waals surface area contributed by atoms with Crippen LogP contribution in [0.15, 0.2) is 0 Å². The van der Waals surface area contributed by atoms with Crippen molar-refractivity contribution in [2.75, 3.05) is 39.6 Å². The van der Waals surface area contributed by atoms with Gasteiger partial charge in [0.25, 0.3) is 0 Å². The molecule has 0 aromatic rings. The van der Waals surface area contributed by atoms with Crippen LogP contribution in [0.2, 0.25) is 0 Å². The van der Waals surface area contributed by atoms with Crippen LogP contribution in [0.25, 0.3) is 0 Å². The lowest BCUT2D eigenvalue weighted by molar-refractivity contribution is -0.161. The molecule has 0 aliphatic rings. The Morgan fingerprint density at radius 2 is 0.457 bits per heavy atom. The number of phosphoric ester groups is 2. The quantitative estimate of drug-likeness (QED) is 0.0222. The number of carbonyl (C=O) groups is 4. The summed E-state index contributed by atoms with van der Waals surface area (Å²) in [6.45, 7) is 14.1. The number of hydrogen-bond donors (Lipinski definition) is 3. The Labute approximate surface area is 562 Å². The van der Waals surface area contributed by atoms with Crippen molar-refractivity contribution in [2.24, 2.45) is 23.7 Å². The largest absolute Gasteiger partial charge is 0.472 e. The van der Waals surface area contributed by atoms with E-state index in [1.165, 1.54) is 161 Å². The highest BCUT2D eigenvalue weighted by molar-refractivity contribution is 7.47. The molecule has 92 heavy (non-hydrogen) atoms. The number of hydrogen-bond acceptors (Lipinski definition) is 15. The molecule has 0 fully saturated rings. The minimum absolute atomic E-state index is 0.103. The Morgan fingerprint density at radius 3 is 0.674 bits per heavy atom. The van der Waals surface area contributed by atoms with E-state index >= 15 is 0 Å². The first kappa shape index (κ1) is 90.1. The summed E-state index contributed by atoms with van der Waals surface area (Å²) < 4.78 is 68.3. The summed E-state index contributed by atoms with van der Waals surface area (Å²) in [6, 6.07) is 0. The van der Waals surface area contributed by atoms with Crippen LogP contribution in [0, 0.1) is 23.7 Å². The molecule has 0 radical (unpaired) electrons. The molecule has 0 aliphatic carbocycles. The van der Waals surface area contributed by atoms with Crippen molar-refractivity contribution < 1.29 is 80.2 Å². The van der Waals surface area contributed by atoms with Gasteiger partial charge in [0.15, 0.2) is 12.2 Å². The zero-order valence-electron chi connectivity index (χ0n) is 60.2. The number of ether oxygens (including phenoxy) is 4. The third-order valence-corrected chi connectivity index (χ3v) is 18.7. The van der Waals surface area contributed by atoms with Crippen LogP contribution >= 0.6 is 15.6 Å². The van der Waals surface area contributed by atoms with Gasteiger partial charge < -0.3 is 33.8 Å². The SMILES string of the molecule is CC(C)CCCCCCCCCCCCCCCCC(=O)O[C@H](COC(=O)CCCCCCCCC(C)C)COP(=O)(O)OCC(O)COP(=O)(O)OC[C@@H](COC(=O)CCCCCCCCCCCCCCCC(C)C)OC(=O)CCCCCCCCCC(C)C. The molecular formula is C73H142O17P2. The predicted octanol–water partition coefficient (Wildman–Crippen LogP) is 20.9. The lowest BCUT2D eigenvalue weighted by Crippen LogP contribution is -2.30. The second-order valence-electron chi connectivity index (χ2n) is 28.2. The number of unbranched alkanes of at least 4 members (excludes halogenated alkanes) is 36. The smallest absolute Gasteiger partial charge is 0.462 e.